The molecule has 0 atom stereocenters. The molecular formula is C39H37N9O15S4. The van der Waals surface area contributed by atoms with Gasteiger partial charge in [-0.1, -0.05) is 17.2 Å². The van der Waals surface area contributed by atoms with E-state index in [1.54, 1.807) is 45.0 Å². The van der Waals surface area contributed by atoms with E-state index in [1.165, 1.54) is 40.8 Å². The van der Waals surface area contributed by atoms with Crippen molar-refractivity contribution < 1.29 is 68.1 Å². The minimum atomic E-state index is -4.85. The fraction of sp³-hybridized carbons (Fsp3) is 0.231. The molecule has 2 heterocycles. The van der Waals surface area contributed by atoms with Crippen LogP contribution in [0, 0.1) is 32.1 Å². The van der Waals surface area contributed by atoms with E-state index in [0.717, 1.165) is 6.07 Å². The fourth-order valence-corrected chi connectivity index (χ4v) is 8.29. The summed E-state index contributed by atoms with van der Waals surface area (Å²) in [4.78, 5) is 3.94. The van der Waals surface area contributed by atoms with E-state index < -0.39 is 46.8 Å². The summed E-state index contributed by atoms with van der Waals surface area (Å²) in [6.45, 7) is 4.35. The number of ether oxygens (including phenoxy) is 2. The van der Waals surface area contributed by atoms with Crippen LogP contribution in [0.5, 0.6) is 17.4 Å². The minimum Gasteiger partial charge on any atom is -0.493 e. The first-order chi connectivity index (χ1) is 31.7. The maximum Gasteiger partial charge on any atom is 0.296 e. The van der Waals surface area contributed by atoms with Crippen molar-refractivity contribution >= 4 is 93.2 Å². The van der Waals surface area contributed by atoms with Gasteiger partial charge < -0.3 is 14.6 Å². The molecule has 0 radical (unpaired) electrons. The number of fused-ring (bicyclic) bond motifs is 3. The molecule has 4 aromatic carbocycles. The lowest BCUT2D eigenvalue weighted by molar-refractivity contribution is -0.432. The molecular weight excluding hydrogens is 963 g/mol. The number of aryl methyl sites for hydroxylation is 2. The van der Waals surface area contributed by atoms with Crippen LogP contribution in [0.15, 0.2) is 107 Å². The highest BCUT2D eigenvalue weighted by atomic mass is 32.2. The Kier molecular flexibility index (Phi) is 15.6. The van der Waals surface area contributed by atoms with Gasteiger partial charge in [0.25, 0.3) is 30.4 Å². The van der Waals surface area contributed by atoms with Crippen molar-refractivity contribution in [2.45, 2.75) is 43.4 Å². The van der Waals surface area contributed by atoms with E-state index in [4.69, 9.17) is 14.7 Å². The largest absolute Gasteiger partial charge is 0.493 e. The number of aromatic nitrogens is 2. The number of nitrogens with zero attached hydrogens (tertiary/aromatic N) is 9. The number of azo groups is 3. The lowest BCUT2D eigenvalue weighted by Crippen LogP contribution is -2.08. The van der Waals surface area contributed by atoms with E-state index in [-0.39, 0.29) is 99.2 Å². The summed E-state index contributed by atoms with van der Waals surface area (Å²) < 4.78 is 116. The third kappa shape index (κ3) is 12.7. The van der Waals surface area contributed by atoms with E-state index in [1.807, 2.05) is 0 Å². The van der Waals surface area contributed by atoms with Crippen LogP contribution in [0.2, 0.25) is 0 Å². The highest BCUT2D eigenvalue weighted by Crippen LogP contribution is 2.43. The van der Waals surface area contributed by atoms with Crippen LogP contribution >= 0.6 is 12.0 Å². The molecule has 0 saturated carbocycles. The second kappa shape index (κ2) is 21.0. The zero-order valence-electron chi connectivity index (χ0n) is 35.1. The Balaban J connectivity index is 1.39. The second-order valence-corrected chi connectivity index (χ2v) is 19.5. The van der Waals surface area contributed by atoms with Gasteiger partial charge in [0.15, 0.2) is 11.3 Å². The summed E-state index contributed by atoms with van der Waals surface area (Å²) in [6, 6.07) is 18.3. The number of hydrogen-bond acceptors (Lipinski definition) is 21. The minimum absolute atomic E-state index is 0.0131. The molecule has 0 unspecified atom stereocenters. The lowest BCUT2D eigenvalue weighted by Gasteiger charge is -2.12. The Morgan fingerprint density at radius 1 is 0.716 bits per heavy atom. The standard InChI is InChI=1S/C39H37N9O15S4/c1-22-16-31(34(60-12-6-14-65(51,52)53)19-29(22)43-42-28-11-10-25(64-63-62-50)18-36(28)67(57,58)59)45-44-30-20-35(61-13-7-15-66(54,55)56)32(17-23(30)2)46-47-37-24(3)26(21-40)38-41-27-8-4-5-9-33(27)48(38)39(37)49/h4-5,8-11,16-20,49-50H,6-7,12-15H2,1-3H3,(H,51,52,53)(H,54,55,56)(H,57,58,59). The third-order valence-corrected chi connectivity index (χ3v) is 12.4. The molecule has 24 nitrogen and oxygen atoms in total. The van der Waals surface area contributed by atoms with Crippen LogP contribution in [0.3, 0.4) is 0 Å². The van der Waals surface area contributed by atoms with Gasteiger partial charge >= 0.3 is 0 Å². The van der Waals surface area contributed by atoms with E-state index >= 15 is 0 Å². The first kappa shape index (κ1) is 49.9. The molecule has 0 saturated heterocycles. The zero-order chi connectivity index (χ0) is 48.7. The highest BCUT2D eigenvalue weighted by molar-refractivity contribution is 7.94. The van der Waals surface area contributed by atoms with Crippen LogP contribution in [0.1, 0.15) is 35.1 Å². The fourth-order valence-electron chi connectivity index (χ4n) is 6.20. The maximum atomic E-state index is 12.2. The van der Waals surface area contributed by atoms with E-state index in [2.05, 4.69) is 51.1 Å². The summed E-state index contributed by atoms with van der Waals surface area (Å²) in [5, 5.41) is 59.0. The number of pyridine rings is 1. The van der Waals surface area contributed by atoms with Crippen molar-refractivity contribution in [1.29, 1.82) is 5.26 Å². The number of para-hydroxylation sites is 2. The van der Waals surface area contributed by atoms with Gasteiger partial charge in [-0.25, -0.2) is 10.2 Å². The predicted molar refractivity (Wildman–Crippen MR) is 239 cm³/mol. The SMILES string of the molecule is Cc1cc(N=Nc2c(C)c(C#N)c3nc4ccccc4n3c2O)c(OCCCS(=O)(=O)O)cc1N=Nc1cc(C)c(N=Nc2ccc(SOOO)cc2S(=O)(=O)O)cc1OCCCS(=O)(=O)O. The van der Waals surface area contributed by atoms with Crippen LogP contribution in [0.4, 0.5) is 34.1 Å². The molecule has 28 heteroatoms. The average molecular weight is 1000 g/mol. The molecule has 0 fully saturated rings. The molecule has 5 N–H and O–H groups in total. The van der Waals surface area contributed by atoms with Crippen molar-refractivity contribution in [3.8, 4) is 23.4 Å². The molecule has 6 rings (SSSR count). The van der Waals surface area contributed by atoms with Gasteiger partial charge in [-0.15, -0.1) is 24.8 Å². The van der Waals surface area contributed by atoms with Crippen molar-refractivity contribution in [2.75, 3.05) is 24.7 Å². The first-order valence-corrected chi connectivity index (χ1v) is 24.6. The molecule has 67 heavy (non-hydrogen) atoms. The second-order valence-electron chi connectivity index (χ2n) is 14.2. The molecule has 0 amide bonds. The molecule has 0 bridgehead atoms. The predicted octanol–water partition coefficient (Wildman–Crippen LogP) is 9.22. The van der Waals surface area contributed by atoms with E-state index in [9.17, 15) is 49.3 Å². The van der Waals surface area contributed by atoms with Crippen molar-refractivity contribution in [2.24, 2.45) is 30.7 Å². The Morgan fingerprint density at radius 3 is 1.79 bits per heavy atom. The van der Waals surface area contributed by atoms with E-state index in [0.29, 0.717) is 34.2 Å². The number of benzene rings is 4. The van der Waals surface area contributed by atoms with Crippen LogP contribution in [-0.2, 0) is 39.7 Å². The number of nitriles is 1. The Bertz CT molecular complexity index is 3360. The maximum absolute atomic E-state index is 12.2. The summed E-state index contributed by atoms with van der Waals surface area (Å²) in [5.41, 5.74) is 2.62. The monoisotopic (exact) mass is 999 g/mol. The van der Waals surface area contributed by atoms with Gasteiger partial charge in [-0.05, 0) is 87.2 Å². The zero-order valence-corrected chi connectivity index (χ0v) is 38.3. The first-order valence-electron chi connectivity index (χ1n) is 19.2. The average Bonchev–Trinajstić information content (AvgIpc) is 3.65. The third-order valence-electron chi connectivity index (χ3n) is 9.37. The van der Waals surface area contributed by atoms with Gasteiger partial charge in [-0.2, -0.15) is 40.7 Å². The molecule has 0 aliphatic carbocycles. The molecule has 0 aliphatic heterocycles. The smallest absolute Gasteiger partial charge is 0.296 e. The van der Waals surface area contributed by atoms with Crippen molar-refractivity contribution in [3.63, 3.8) is 0 Å². The van der Waals surface area contributed by atoms with Gasteiger partial charge in [0.05, 0.1) is 59.2 Å². The van der Waals surface area contributed by atoms with Gasteiger partial charge in [0.2, 0.25) is 5.88 Å². The molecule has 0 spiro atoms. The number of rotatable bonds is 20. The molecule has 6 aromatic rings. The van der Waals surface area contributed by atoms with Gasteiger partial charge in [0, 0.05) is 22.6 Å². The Morgan fingerprint density at radius 2 is 1.25 bits per heavy atom. The van der Waals surface area contributed by atoms with Gasteiger partial charge in [-0.3, -0.25) is 18.1 Å². The van der Waals surface area contributed by atoms with Crippen LogP contribution in [0.25, 0.3) is 16.7 Å². The lowest BCUT2D eigenvalue weighted by atomic mass is 10.1. The molecule has 352 valence electrons. The summed E-state index contributed by atoms with van der Waals surface area (Å²) in [6.07, 6.45) is -0.281. The summed E-state index contributed by atoms with van der Waals surface area (Å²) >= 11 is 0.432. The normalized spacial score (nSPS) is 12.6. The Hall–Kier alpha value is -6.52. The highest BCUT2D eigenvalue weighted by Gasteiger charge is 2.22. The Labute approximate surface area is 385 Å². The van der Waals surface area contributed by atoms with Gasteiger partial charge in [0.1, 0.15) is 45.1 Å². The van der Waals surface area contributed by atoms with Crippen molar-refractivity contribution in [3.05, 3.63) is 89.0 Å². The molecule has 0 aliphatic rings. The van der Waals surface area contributed by atoms with Crippen LogP contribution < -0.4 is 9.47 Å². The quantitative estimate of drug-likeness (QED) is 0.0119. The summed E-state index contributed by atoms with van der Waals surface area (Å²) in [7, 11) is -13.5. The molecule has 2 aromatic heterocycles. The number of aromatic hydroxyl groups is 1. The van der Waals surface area contributed by atoms with Crippen molar-refractivity contribution in [1.82, 2.24) is 9.38 Å². The topological polar surface area (TPSA) is 356 Å². The number of hydrogen-bond donors (Lipinski definition) is 5. The summed E-state index contributed by atoms with van der Waals surface area (Å²) in [5.74, 6) is -1.59. The number of imidazole rings is 1. The van der Waals surface area contributed by atoms with Crippen LogP contribution in [-0.4, -0.2) is 83.4 Å².